The van der Waals surface area contributed by atoms with Crippen molar-refractivity contribution in [3.8, 4) is 5.75 Å². The van der Waals surface area contributed by atoms with Crippen LogP contribution in [-0.4, -0.2) is 10.1 Å². The topological polar surface area (TPSA) is 42.4 Å². The summed E-state index contributed by atoms with van der Waals surface area (Å²) in [5.74, 6) is 0.692. The van der Waals surface area contributed by atoms with E-state index in [9.17, 15) is 5.11 Å². The van der Waals surface area contributed by atoms with Gasteiger partial charge in [0.25, 0.3) is 0 Å². The van der Waals surface area contributed by atoms with Crippen LogP contribution in [0.15, 0.2) is 47.1 Å². The van der Waals surface area contributed by atoms with E-state index in [0.717, 1.165) is 15.7 Å². The van der Waals surface area contributed by atoms with Gasteiger partial charge in [0.2, 0.25) is 0 Å². The number of benzene rings is 1. The van der Waals surface area contributed by atoms with E-state index in [1.54, 1.807) is 13.1 Å². The van der Waals surface area contributed by atoms with Crippen molar-refractivity contribution in [1.82, 2.24) is 4.98 Å². The van der Waals surface area contributed by atoms with Gasteiger partial charge in [-0.25, -0.2) is 0 Å². The van der Waals surface area contributed by atoms with Crippen molar-refractivity contribution >= 4 is 15.9 Å². The average Bonchev–Trinajstić information content (AvgIpc) is 2.38. The zero-order valence-corrected chi connectivity index (χ0v) is 11.6. The van der Waals surface area contributed by atoms with E-state index in [-0.39, 0.29) is 0 Å². The van der Waals surface area contributed by atoms with Crippen molar-refractivity contribution in [2.24, 2.45) is 0 Å². The number of rotatable bonds is 4. The van der Waals surface area contributed by atoms with Crippen LogP contribution in [0.25, 0.3) is 0 Å². The van der Waals surface area contributed by atoms with Crippen LogP contribution in [-0.2, 0) is 6.61 Å². The maximum Gasteiger partial charge on any atom is 0.130 e. The number of para-hydroxylation sites is 1. The van der Waals surface area contributed by atoms with Gasteiger partial charge in [0.05, 0.1) is 11.8 Å². The molecule has 0 spiro atoms. The number of nitrogens with zero attached hydrogens (tertiary/aromatic N) is 1. The van der Waals surface area contributed by atoms with Crippen LogP contribution in [0.5, 0.6) is 5.75 Å². The van der Waals surface area contributed by atoms with E-state index in [4.69, 9.17) is 4.74 Å². The molecule has 0 aliphatic carbocycles. The largest absolute Gasteiger partial charge is 0.487 e. The molecule has 0 saturated heterocycles. The van der Waals surface area contributed by atoms with Crippen molar-refractivity contribution in [1.29, 1.82) is 0 Å². The summed E-state index contributed by atoms with van der Waals surface area (Å²) < 4.78 is 6.63. The van der Waals surface area contributed by atoms with Crippen molar-refractivity contribution in [2.75, 3.05) is 0 Å². The summed E-state index contributed by atoms with van der Waals surface area (Å²) in [5, 5.41) is 9.64. The molecule has 0 bridgehead atoms. The van der Waals surface area contributed by atoms with E-state index in [1.165, 1.54) is 0 Å². The number of aliphatic hydroxyl groups excluding tert-OH is 1. The molecule has 2 aromatic rings. The number of aliphatic hydroxyl groups is 1. The molecule has 1 aromatic carbocycles. The number of ether oxygens (including phenoxy) is 1. The Kier molecular flexibility index (Phi) is 4.33. The molecule has 0 aliphatic heterocycles. The minimum Gasteiger partial charge on any atom is -0.487 e. The Morgan fingerprint density at radius 1 is 1.28 bits per heavy atom. The molecule has 2 rings (SSSR count). The Bertz CT molecular complexity index is 511. The first-order valence-corrected chi connectivity index (χ1v) is 6.46. The lowest BCUT2D eigenvalue weighted by Gasteiger charge is -2.12. The first-order valence-electron chi connectivity index (χ1n) is 5.67. The number of hydrogen-bond donors (Lipinski definition) is 1. The number of halogens is 1. The van der Waals surface area contributed by atoms with Crippen LogP contribution < -0.4 is 4.74 Å². The van der Waals surface area contributed by atoms with Crippen LogP contribution in [0.4, 0.5) is 0 Å². The SMILES string of the molecule is C[C@@H](O)c1ccccc1OCc1ccc(Br)cn1. The van der Waals surface area contributed by atoms with Crippen molar-refractivity contribution in [3.05, 3.63) is 58.3 Å². The molecular formula is C14H14BrNO2. The third-order valence-corrected chi connectivity index (χ3v) is 3.00. The van der Waals surface area contributed by atoms with Crippen LogP contribution in [0.2, 0.25) is 0 Å². The zero-order valence-electron chi connectivity index (χ0n) is 10.0. The van der Waals surface area contributed by atoms with Gasteiger partial charge in [0, 0.05) is 16.2 Å². The molecule has 0 radical (unpaired) electrons. The van der Waals surface area contributed by atoms with Gasteiger partial charge in [0.15, 0.2) is 0 Å². The predicted octanol–water partition coefficient (Wildman–Crippen LogP) is 3.48. The van der Waals surface area contributed by atoms with Gasteiger partial charge < -0.3 is 9.84 Å². The van der Waals surface area contributed by atoms with E-state index in [2.05, 4.69) is 20.9 Å². The first-order chi connectivity index (χ1) is 8.66. The van der Waals surface area contributed by atoms with E-state index >= 15 is 0 Å². The van der Waals surface area contributed by atoms with Gasteiger partial charge in [-0.1, -0.05) is 18.2 Å². The Morgan fingerprint density at radius 3 is 2.72 bits per heavy atom. The molecule has 0 unspecified atom stereocenters. The lowest BCUT2D eigenvalue weighted by Crippen LogP contribution is -2.02. The lowest BCUT2D eigenvalue weighted by atomic mass is 10.1. The maximum atomic E-state index is 9.64. The lowest BCUT2D eigenvalue weighted by molar-refractivity contribution is 0.190. The summed E-state index contributed by atoms with van der Waals surface area (Å²) in [6.45, 7) is 2.11. The van der Waals surface area contributed by atoms with Gasteiger partial charge in [-0.2, -0.15) is 0 Å². The number of pyridine rings is 1. The van der Waals surface area contributed by atoms with Crippen LogP contribution in [0.3, 0.4) is 0 Å². The fourth-order valence-corrected chi connectivity index (χ4v) is 1.84. The molecule has 0 fully saturated rings. The number of aromatic nitrogens is 1. The van der Waals surface area contributed by atoms with E-state index < -0.39 is 6.10 Å². The zero-order chi connectivity index (χ0) is 13.0. The monoisotopic (exact) mass is 307 g/mol. The fourth-order valence-electron chi connectivity index (χ4n) is 1.60. The molecule has 1 N–H and O–H groups in total. The quantitative estimate of drug-likeness (QED) is 0.940. The standard InChI is InChI=1S/C14H14BrNO2/c1-10(17)13-4-2-3-5-14(13)18-9-12-7-6-11(15)8-16-12/h2-8,10,17H,9H2,1H3/t10-/m1/s1. The Morgan fingerprint density at radius 2 is 2.06 bits per heavy atom. The van der Waals surface area contributed by atoms with Crippen LogP contribution in [0, 0.1) is 0 Å². The van der Waals surface area contributed by atoms with E-state index in [0.29, 0.717) is 12.4 Å². The molecule has 4 heteroatoms. The van der Waals surface area contributed by atoms with E-state index in [1.807, 2.05) is 36.4 Å². The highest BCUT2D eigenvalue weighted by Crippen LogP contribution is 2.25. The second-order valence-corrected chi connectivity index (χ2v) is 4.89. The third-order valence-electron chi connectivity index (χ3n) is 2.53. The minimum atomic E-state index is -0.543. The summed E-state index contributed by atoms with van der Waals surface area (Å²) in [7, 11) is 0. The highest BCUT2D eigenvalue weighted by Gasteiger charge is 2.08. The Labute approximate surface area is 115 Å². The highest BCUT2D eigenvalue weighted by molar-refractivity contribution is 9.10. The first kappa shape index (κ1) is 13.1. The van der Waals surface area contributed by atoms with Gasteiger partial charge in [-0.05, 0) is 41.1 Å². The molecule has 0 saturated carbocycles. The van der Waals surface area contributed by atoms with Crippen LogP contribution in [0.1, 0.15) is 24.3 Å². The summed E-state index contributed by atoms with van der Waals surface area (Å²) in [6, 6.07) is 11.3. The van der Waals surface area contributed by atoms with Crippen molar-refractivity contribution < 1.29 is 9.84 Å². The molecule has 94 valence electrons. The summed E-state index contributed by atoms with van der Waals surface area (Å²) in [5.41, 5.74) is 1.63. The van der Waals surface area contributed by atoms with Crippen LogP contribution >= 0.6 is 15.9 Å². The Hall–Kier alpha value is -1.39. The van der Waals surface area contributed by atoms with Gasteiger partial charge in [-0.15, -0.1) is 0 Å². The Balaban J connectivity index is 2.08. The fraction of sp³-hybridized carbons (Fsp3) is 0.214. The molecule has 0 amide bonds. The van der Waals surface area contributed by atoms with Gasteiger partial charge in [0.1, 0.15) is 12.4 Å². The minimum absolute atomic E-state index is 0.386. The molecule has 0 aliphatic rings. The molecular weight excluding hydrogens is 294 g/mol. The average molecular weight is 308 g/mol. The predicted molar refractivity (Wildman–Crippen MR) is 73.3 cm³/mol. The third kappa shape index (κ3) is 3.31. The normalized spacial score (nSPS) is 12.2. The molecule has 1 aromatic heterocycles. The molecule has 1 heterocycles. The molecule has 3 nitrogen and oxygen atoms in total. The smallest absolute Gasteiger partial charge is 0.130 e. The maximum absolute atomic E-state index is 9.64. The molecule has 1 atom stereocenters. The summed E-state index contributed by atoms with van der Waals surface area (Å²) in [4.78, 5) is 4.23. The van der Waals surface area contributed by atoms with Gasteiger partial charge >= 0.3 is 0 Å². The molecule has 18 heavy (non-hydrogen) atoms. The van der Waals surface area contributed by atoms with Gasteiger partial charge in [-0.3, -0.25) is 4.98 Å². The number of hydrogen-bond acceptors (Lipinski definition) is 3. The second-order valence-electron chi connectivity index (χ2n) is 3.97. The summed E-state index contributed by atoms with van der Waals surface area (Å²) >= 11 is 3.34. The van der Waals surface area contributed by atoms with Crippen molar-refractivity contribution in [3.63, 3.8) is 0 Å². The van der Waals surface area contributed by atoms with Crippen molar-refractivity contribution in [2.45, 2.75) is 19.6 Å². The second kappa shape index (κ2) is 5.98. The summed E-state index contributed by atoms with van der Waals surface area (Å²) in [6.07, 6.45) is 1.19. The highest BCUT2D eigenvalue weighted by atomic mass is 79.9.